The number of alkyl carbamates (subject to hydrolysis) is 1. The molecule has 1 unspecified atom stereocenters. The Morgan fingerprint density at radius 2 is 1.84 bits per heavy atom. The molecule has 1 atom stereocenters. The number of amides is 1. The van der Waals surface area contributed by atoms with Gasteiger partial charge in [0.15, 0.2) is 0 Å². The van der Waals surface area contributed by atoms with Crippen molar-refractivity contribution in [2.24, 2.45) is 0 Å². The van der Waals surface area contributed by atoms with Gasteiger partial charge < -0.3 is 14.8 Å². The van der Waals surface area contributed by atoms with Crippen LogP contribution in [-0.4, -0.2) is 18.7 Å². The van der Waals surface area contributed by atoms with E-state index >= 15 is 0 Å². The van der Waals surface area contributed by atoms with E-state index in [0.717, 1.165) is 5.56 Å². The maximum atomic E-state index is 13.5. The fraction of sp³-hybridized carbons (Fsp3) is 0.263. The molecule has 2 aromatic rings. The zero-order valence-electron chi connectivity index (χ0n) is 13.9. The van der Waals surface area contributed by atoms with Gasteiger partial charge in [-0.05, 0) is 30.2 Å². The molecule has 0 aliphatic rings. The van der Waals surface area contributed by atoms with E-state index < -0.39 is 23.9 Å². The Balaban J connectivity index is 2.01. The lowest BCUT2D eigenvalue weighted by Gasteiger charge is -2.18. The van der Waals surface area contributed by atoms with Gasteiger partial charge in [-0.15, -0.1) is 0 Å². The second kappa shape index (κ2) is 9.42. The summed E-state index contributed by atoms with van der Waals surface area (Å²) in [6, 6.07) is 14.2. The summed E-state index contributed by atoms with van der Waals surface area (Å²) < 4.78 is 23.5. The number of carbonyl (C=O) groups excluding carboxylic acids is 2. The van der Waals surface area contributed by atoms with E-state index in [-0.39, 0.29) is 19.6 Å². The molecule has 0 aromatic heterocycles. The molecule has 0 radical (unpaired) electrons. The summed E-state index contributed by atoms with van der Waals surface area (Å²) in [6.45, 7) is 2.02. The predicted octanol–water partition coefficient (Wildman–Crippen LogP) is 3.75. The summed E-state index contributed by atoms with van der Waals surface area (Å²) in [6.07, 6.45) is -0.806. The van der Waals surface area contributed by atoms with Gasteiger partial charge in [0.2, 0.25) is 0 Å². The van der Waals surface area contributed by atoms with Crippen LogP contribution in [-0.2, 0) is 20.9 Å². The van der Waals surface area contributed by atoms with E-state index in [0.29, 0.717) is 5.56 Å². The Morgan fingerprint density at radius 1 is 1.08 bits per heavy atom. The summed E-state index contributed by atoms with van der Waals surface area (Å²) >= 11 is 0. The molecular weight excluding hydrogens is 325 g/mol. The van der Waals surface area contributed by atoms with Crippen molar-refractivity contribution in [3.63, 3.8) is 0 Å². The number of carbonyl (C=O) groups is 2. The third-order valence-electron chi connectivity index (χ3n) is 3.43. The first-order valence-corrected chi connectivity index (χ1v) is 7.96. The van der Waals surface area contributed by atoms with Gasteiger partial charge in [-0.1, -0.05) is 42.5 Å². The maximum absolute atomic E-state index is 13.5. The zero-order chi connectivity index (χ0) is 18.1. The Bertz CT molecular complexity index is 706. The number of nitrogens with one attached hydrogen (secondary N) is 1. The third-order valence-corrected chi connectivity index (χ3v) is 3.43. The minimum absolute atomic E-state index is 0.0992. The second-order valence-electron chi connectivity index (χ2n) is 5.32. The van der Waals surface area contributed by atoms with Crippen molar-refractivity contribution in [2.45, 2.75) is 26.0 Å². The Hall–Kier alpha value is -2.89. The van der Waals surface area contributed by atoms with E-state index in [1.807, 2.05) is 30.3 Å². The smallest absolute Gasteiger partial charge is 0.407 e. The molecule has 132 valence electrons. The quantitative estimate of drug-likeness (QED) is 0.776. The molecule has 2 rings (SSSR count). The number of hydrogen-bond donors (Lipinski definition) is 1. The summed E-state index contributed by atoms with van der Waals surface area (Å²) in [7, 11) is 0. The van der Waals surface area contributed by atoms with Gasteiger partial charge >= 0.3 is 12.1 Å². The van der Waals surface area contributed by atoms with E-state index in [4.69, 9.17) is 9.47 Å². The van der Waals surface area contributed by atoms with Crippen LogP contribution in [0.4, 0.5) is 9.18 Å². The Kier molecular flexibility index (Phi) is 6.95. The lowest BCUT2D eigenvalue weighted by molar-refractivity contribution is -0.143. The number of hydrogen-bond acceptors (Lipinski definition) is 4. The largest absolute Gasteiger partial charge is 0.466 e. The minimum atomic E-state index is -0.738. The highest BCUT2D eigenvalue weighted by Crippen LogP contribution is 2.19. The molecular formula is C19H20FNO4. The fourth-order valence-electron chi connectivity index (χ4n) is 2.27. The molecule has 0 spiro atoms. The summed E-state index contributed by atoms with van der Waals surface area (Å²) in [5.74, 6) is -0.939. The summed E-state index contributed by atoms with van der Waals surface area (Å²) in [5.41, 5.74) is 1.30. The van der Waals surface area contributed by atoms with Crippen molar-refractivity contribution >= 4 is 12.1 Å². The van der Waals surface area contributed by atoms with Crippen LogP contribution in [0.3, 0.4) is 0 Å². The first kappa shape index (κ1) is 18.4. The van der Waals surface area contributed by atoms with Crippen molar-refractivity contribution in [3.8, 4) is 0 Å². The molecule has 25 heavy (non-hydrogen) atoms. The van der Waals surface area contributed by atoms with Crippen LogP contribution in [0.5, 0.6) is 0 Å². The second-order valence-corrected chi connectivity index (χ2v) is 5.32. The molecule has 0 aliphatic heterocycles. The van der Waals surface area contributed by atoms with Gasteiger partial charge in [-0.25, -0.2) is 9.18 Å². The topological polar surface area (TPSA) is 64.6 Å². The van der Waals surface area contributed by atoms with Gasteiger partial charge in [0.05, 0.1) is 19.1 Å². The van der Waals surface area contributed by atoms with Crippen molar-refractivity contribution in [2.75, 3.05) is 6.61 Å². The summed E-state index contributed by atoms with van der Waals surface area (Å²) in [4.78, 5) is 23.8. The van der Waals surface area contributed by atoms with Crippen molar-refractivity contribution in [3.05, 3.63) is 71.5 Å². The first-order chi connectivity index (χ1) is 12.1. The van der Waals surface area contributed by atoms with Crippen molar-refractivity contribution in [1.29, 1.82) is 0 Å². The molecule has 6 heteroatoms. The molecule has 1 N–H and O–H groups in total. The third kappa shape index (κ3) is 6.25. The zero-order valence-corrected chi connectivity index (χ0v) is 13.9. The van der Waals surface area contributed by atoms with E-state index in [9.17, 15) is 14.0 Å². The minimum Gasteiger partial charge on any atom is -0.466 e. The van der Waals surface area contributed by atoms with Crippen LogP contribution >= 0.6 is 0 Å². The van der Waals surface area contributed by atoms with Crippen LogP contribution in [0.25, 0.3) is 0 Å². The van der Waals surface area contributed by atoms with Gasteiger partial charge in [-0.2, -0.15) is 0 Å². The average Bonchev–Trinajstić information content (AvgIpc) is 2.60. The van der Waals surface area contributed by atoms with Gasteiger partial charge in [0.1, 0.15) is 12.4 Å². The van der Waals surface area contributed by atoms with Gasteiger partial charge in [0, 0.05) is 0 Å². The van der Waals surface area contributed by atoms with Crippen LogP contribution in [0, 0.1) is 5.82 Å². The van der Waals surface area contributed by atoms with E-state index in [1.54, 1.807) is 13.0 Å². The number of benzene rings is 2. The highest BCUT2D eigenvalue weighted by Gasteiger charge is 2.20. The lowest BCUT2D eigenvalue weighted by atomic mass is 10.0. The first-order valence-electron chi connectivity index (χ1n) is 7.96. The molecule has 0 saturated heterocycles. The highest BCUT2D eigenvalue weighted by atomic mass is 19.1. The fourth-order valence-corrected chi connectivity index (χ4v) is 2.27. The molecule has 0 saturated carbocycles. The summed E-state index contributed by atoms with van der Waals surface area (Å²) in [5, 5.41) is 2.59. The Labute approximate surface area is 145 Å². The van der Waals surface area contributed by atoms with Gasteiger partial charge in [-0.3, -0.25) is 4.79 Å². The number of rotatable bonds is 7. The molecule has 0 bridgehead atoms. The molecule has 0 heterocycles. The van der Waals surface area contributed by atoms with Crippen LogP contribution in [0.2, 0.25) is 0 Å². The average molecular weight is 345 g/mol. The molecule has 0 aliphatic carbocycles. The highest BCUT2D eigenvalue weighted by molar-refractivity contribution is 5.73. The standard InChI is InChI=1S/C19H20FNO4/c1-2-24-18(22)12-17(15-9-6-10-16(20)11-15)21-19(23)25-13-14-7-4-3-5-8-14/h3-11,17H,2,12-13H2,1H3,(H,21,23). The van der Waals surface area contributed by atoms with Crippen LogP contribution in [0.1, 0.15) is 30.5 Å². The number of halogens is 1. The predicted molar refractivity (Wildman–Crippen MR) is 90.2 cm³/mol. The van der Waals surface area contributed by atoms with Crippen molar-refractivity contribution in [1.82, 2.24) is 5.32 Å². The van der Waals surface area contributed by atoms with E-state index in [1.165, 1.54) is 18.2 Å². The SMILES string of the molecule is CCOC(=O)CC(NC(=O)OCc1ccccc1)c1cccc(F)c1. The lowest BCUT2D eigenvalue weighted by Crippen LogP contribution is -2.31. The molecule has 2 aromatic carbocycles. The molecule has 5 nitrogen and oxygen atoms in total. The molecule has 1 amide bonds. The maximum Gasteiger partial charge on any atom is 0.407 e. The monoisotopic (exact) mass is 345 g/mol. The Morgan fingerprint density at radius 3 is 2.52 bits per heavy atom. The van der Waals surface area contributed by atoms with Gasteiger partial charge in [0.25, 0.3) is 0 Å². The normalized spacial score (nSPS) is 11.4. The number of ether oxygens (including phenoxy) is 2. The van der Waals surface area contributed by atoms with E-state index in [2.05, 4.69) is 5.32 Å². The van der Waals surface area contributed by atoms with Crippen LogP contribution < -0.4 is 5.32 Å². The number of esters is 1. The molecule has 0 fully saturated rings. The van der Waals surface area contributed by atoms with Crippen LogP contribution in [0.15, 0.2) is 54.6 Å². The van der Waals surface area contributed by atoms with Crippen molar-refractivity contribution < 1.29 is 23.5 Å².